The molecule has 0 saturated heterocycles. The molecule has 1 aromatic heterocycles. The third-order valence-corrected chi connectivity index (χ3v) is 4.65. The highest BCUT2D eigenvalue weighted by atomic mass is 19.2. The summed E-state index contributed by atoms with van der Waals surface area (Å²) in [6.45, 7) is 2.40. The van der Waals surface area contributed by atoms with E-state index in [2.05, 4.69) is 10.2 Å². The number of benzene rings is 1. The van der Waals surface area contributed by atoms with Gasteiger partial charge in [0, 0.05) is 31.3 Å². The zero-order valence-electron chi connectivity index (χ0n) is 14.3. The van der Waals surface area contributed by atoms with E-state index < -0.39 is 23.5 Å². The first kappa shape index (κ1) is 18.3. The van der Waals surface area contributed by atoms with Gasteiger partial charge < -0.3 is 10.6 Å². The molecule has 0 fully saturated rings. The first-order valence-corrected chi connectivity index (χ1v) is 8.35. The SMILES string of the molecule is CC1c2nnccc2CCN1C(=O)CC(N)Cc1cc(F)c(F)cc1F. The second-order valence-corrected chi connectivity index (χ2v) is 6.48. The van der Waals surface area contributed by atoms with Crippen LogP contribution in [0.25, 0.3) is 0 Å². The summed E-state index contributed by atoms with van der Waals surface area (Å²) < 4.78 is 40.0. The van der Waals surface area contributed by atoms with Crippen LogP contribution in [0.3, 0.4) is 0 Å². The fourth-order valence-corrected chi connectivity index (χ4v) is 3.27. The number of carbonyl (C=O) groups excluding carboxylic acids is 1. The van der Waals surface area contributed by atoms with Crippen LogP contribution >= 0.6 is 0 Å². The Morgan fingerprint density at radius 1 is 1.31 bits per heavy atom. The van der Waals surface area contributed by atoms with Crippen LogP contribution in [0.15, 0.2) is 24.4 Å². The van der Waals surface area contributed by atoms with Crippen molar-refractivity contribution in [2.75, 3.05) is 6.54 Å². The zero-order valence-corrected chi connectivity index (χ0v) is 14.3. The molecule has 0 bridgehead atoms. The summed E-state index contributed by atoms with van der Waals surface area (Å²) >= 11 is 0. The van der Waals surface area contributed by atoms with Gasteiger partial charge in [-0.05, 0) is 43.0 Å². The summed E-state index contributed by atoms with van der Waals surface area (Å²) in [5.74, 6) is -3.45. The molecule has 3 rings (SSSR count). The molecule has 26 heavy (non-hydrogen) atoms. The molecule has 0 aliphatic carbocycles. The molecule has 5 nitrogen and oxygen atoms in total. The van der Waals surface area contributed by atoms with Crippen LogP contribution in [0.4, 0.5) is 13.2 Å². The summed E-state index contributed by atoms with van der Waals surface area (Å²) in [7, 11) is 0. The Kier molecular flexibility index (Phi) is 5.22. The number of halogens is 3. The van der Waals surface area contributed by atoms with Crippen molar-refractivity contribution in [2.24, 2.45) is 5.73 Å². The summed E-state index contributed by atoms with van der Waals surface area (Å²) in [6, 6.07) is 2.22. The number of fused-ring (bicyclic) bond motifs is 1. The maximum atomic E-state index is 13.7. The van der Waals surface area contributed by atoms with Crippen molar-refractivity contribution in [3.05, 3.63) is 58.7 Å². The van der Waals surface area contributed by atoms with E-state index in [1.807, 2.05) is 13.0 Å². The van der Waals surface area contributed by atoms with Crippen molar-refractivity contribution in [2.45, 2.75) is 38.3 Å². The molecule has 1 amide bonds. The Morgan fingerprint density at radius 2 is 2.04 bits per heavy atom. The lowest BCUT2D eigenvalue weighted by molar-refractivity contribution is -0.134. The molecular formula is C18H19F3N4O. The number of carbonyl (C=O) groups is 1. The maximum absolute atomic E-state index is 13.7. The van der Waals surface area contributed by atoms with Gasteiger partial charge in [-0.2, -0.15) is 10.2 Å². The number of nitrogens with two attached hydrogens (primary N) is 1. The molecule has 2 unspecified atom stereocenters. The molecule has 2 heterocycles. The summed E-state index contributed by atoms with van der Waals surface area (Å²) in [6.07, 6.45) is 2.20. The second-order valence-electron chi connectivity index (χ2n) is 6.48. The molecule has 138 valence electrons. The summed E-state index contributed by atoms with van der Waals surface area (Å²) in [5.41, 5.74) is 7.72. The monoisotopic (exact) mass is 364 g/mol. The van der Waals surface area contributed by atoms with E-state index in [0.29, 0.717) is 19.0 Å². The normalized spacial score (nSPS) is 17.7. The highest BCUT2D eigenvalue weighted by Crippen LogP contribution is 2.27. The molecule has 2 atom stereocenters. The molecule has 1 aromatic carbocycles. The zero-order chi connectivity index (χ0) is 18.8. The quantitative estimate of drug-likeness (QED) is 0.845. The van der Waals surface area contributed by atoms with Crippen LogP contribution in [0, 0.1) is 17.5 Å². The Bertz CT molecular complexity index is 830. The van der Waals surface area contributed by atoms with Gasteiger partial charge in [-0.1, -0.05) is 0 Å². The lowest BCUT2D eigenvalue weighted by atomic mass is 9.97. The fraction of sp³-hybridized carbons (Fsp3) is 0.389. The van der Waals surface area contributed by atoms with Gasteiger partial charge in [0.05, 0.1) is 11.7 Å². The van der Waals surface area contributed by atoms with Gasteiger partial charge >= 0.3 is 0 Å². The first-order valence-electron chi connectivity index (χ1n) is 8.35. The van der Waals surface area contributed by atoms with Gasteiger partial charge in [-0.25, -0.2) is 13.2 Å². The lowest BCUT2D eigenvalue weighted by Crippen LogP contribution is -2.42. The molecule has 2 N–H and O–H groups in total. The van der Waals surface area contributed by atoms with E-state index in [1.54, 1.807) is 11.1 Å². The standard InChI is InChI=1S/C18H19F3N4O/c1-10-18-11(2-4-23-24-18)3-5-25(10)17(26)8-13(22)6-12-7-15(20)16(21)9-14(12)19/h2,4,7,9-10,13H,3,5-6,8,22H2,1H3. The average Bonchev–Trinajstić information content (AvgIpc) is 2.60. The highest BCUT2D eigenvalue weighted by Gasteiger charge is 2.29. The first-order chi connectivity index (χ1) is 12.4. The number of hydrogen-bond donors (Lipinski definition) is 1. The van der Waals surface area contributed by atoms with Gasteiger partial charge in [-0.3, -0.25) is 4.79 Å². The molecular weight excluding hydrogens is 345 g/mol. The summed E-state index contributed by atoms with van der Waals surface area (Å²) in [4.78, 5) is 14.3. The van der Waals surface area contributed by atoms with Crippen LogP contribution in [-0.2, 0) is 17.6 Å². The van der Waals surface area contributed by atoms with E-state index in [4.69, 9.17) is 5.73 Å². The molecule has 1 aliphatic rings. The Morgan fingerprint density at radius 3 is 2.81 bits per heavy atom. The third kappa shape index (κ3) is 3.70. The molecule has 1 aliphatic heterocycles. The minimum atomic E-state index is -1.25. The molecule has 0 radical (unpaired) electrons. The van der Waals surface area contributed by atoms with Crippen LogP contribution in [-0.4, -0.2) is 33.6 Å². The topological polar surface area (TPSA) is 72.1 Å². The predicted octanol–water partition coefficient (Wildman–Crippen LogP) is 2.30. The number of aromatic nitrogens is 2. The van der Waals surface area contributed by atoms with Gasteiger partial charge in [-0.15, -0.1) is 0 Å². The van der Waals surface area contributed by atoms with E-state index in [1.165, 1.54) is 0 Å². The fourth-order valence-electron chi connectivity index (χ4n) is 3.27. The number of hydrogen-bond acceptors (Lipinski definition) is 4. The average molecular weight is 364 g/mol. The van der Waals surface area contributed by atoms with Crippen molar-refractivity contribution in [1.82, 2.24) is 15.1 Å². The minimum absolute atomic E-state index is 0.0294. The molecule has 0 spiro atoms. The van der Waals surface area contributed by atoms with Crippen LogP contribution < -0.4 is 5.73 Å². The van der Waals surface area contributed by atoms with Gasteiger partial charge in [0.2, 0.25) is 5.91 Å². The van der Waals surface area contributed by atoms with Crippen molar-refractivity contribution in [3.8, 4) is 0 Å². The molecule has 8 heteroatoms. The van der Waals surface area contributed by atoms with E-state index in [9.17, 15) is 18.0 Å². The smallest absolute Gasteiger partial charge is 0.224 e. The van der Waals surface area contributed by atoms with Crippen molar-refractivity contribution in [3.63, 3.8) is 0 Å². The number of amides is 1. The van der Waals surface area contributed by atoms with Crippen molar-refractivity contribution < 1.29 is 18.0 Å². The lowest BCUT2D eigenvalue weighted by Gasteiger charge is -2.34. The highest BCUT2D eigenvalue weighted by molar-refractivity contribution is 5.77. The number of rotatable bonds is 4. The third-order valence-electron chi connectivity index (χ3n) is 4.65. The Hall–Kier alpha value is -2.48. The van der Waals surface area contributed by atoms with E-state index in [0.717, 1.165) is 17.3 Å². The van der Waals surface area contributed by atoms with Crippen LogP contribution in [0.1, 0.15) is 36.2 Å². The van der Waals surface area contributed by atoms with Gasteiger partial charge in [0.25, 0.3) is 0 Å². The maximum Gasteiger partial charge on any atom is 0.224 e. The largest absolute Gasteiger partial charge is 0.334 e. The van der Waals surface area contributed by atoms with Crippen molar-refractivity contribution in [1.29, 1.82) is 0 Å². The van der Waals surface area contributed by atoms with Crippen LogP contribution in [0.5, 0.6) is 0 Å². The van der Waals surface area contributed by atoms with E-state index in [-0.39, 0.29) is 30.4 Å². The van der Waals surface area contributed by atoms with Gasteiger partial charge in [0.15, 0.2) is 11.6 Å². The summed E-state index contributed by atoms with van der Waals surface area (Å²) in [5, 5.41) is 7.97. The molecule has 2 aromatic rings. The van der Waals surface area contributed by atoms with Crippen molar-refractivity contribution >= 4 is 5.91 Å². The Labute approximate surface area is 149 Å². The van der Waals surface area contributed by atoms with Crippen LogP contribution in [0.2, 0.25) is 0 Å². The minimum Gasteiger partial charge on any atom is -0.334 e. The Balaban J connectivity index is 1.66. The number of nitrogens with zero attached hydrogens (tertiary/aromatic N) is 3. The predicted molar refractivity (Wildman–Crippen MR) is 88.5 cm³/mol. The molecule has 0 saturated carbocycles. The van der Waals surface area contributed by atoms with E-state index >= 15 is 0 Å². The van der Waals surface area contributed by atoms with Gasteiger partial charge in [0.1, 0.15) is 5.82 Å². The second kappa shape index (κ2) is 7.41.